The van der Waals surface area contributed by atoms with Crippen LogP contribution in [0.2, 0.25) is 0 Å². The number of nitro groups is 2. The maximum atomic E-state index is 12.2. The van der Waals surface area contributed by atoms with Gasteiger partial charge in [0.25, 0.3) is 23.2 Å². The summed E-state index contributed by atoms with van der Waals surface area (Å²) in [7, 11) is 0. The standard InChI is InChI=1S/C20H20N6O8S/c1-11(19(29)23-21-9-13-7-15(25(31)32)3-5-17(13)27)35-12(2)20(30)24-22-10-14-8-16(26(33)34)4-6-18(14)28/h3-12,27-28H,1-2H3,(H,23,29)(H,24,30)/b21-9-,22-10+/t11-,12-/m0/s1. The summed E-state index contributed by atoms with van der Waals surface area (Å²) >= 11 is 0.978. The smallest absolute Gasteiger partial charge is 0.270 e. The van der Waals surface area contributed by atoms with E-state index in [0.717, 1.165) is 60.6 Å². The second kappa shape index (κ2) is 12.1. The highest BCUT2D eigenvalue weighted by Gasteiger charge is 2.21. The minimum atomic E-state index is -0.739. The molecule has 0 aromatic heterocycles. The molecule has 2 atom stereocenters. The summed E-state index contributed by atoms with van der Waals surface area (Å²) in [6, 6.07) is 6.67. The van der Waals surface area contributed by atoms with E-state index >= 15 is 0 Å². The molecule has 15 heteroatoms. The fourth-order valence-electron chi connectivity index (χ4n) is 2.46. The number of amides is 2. The van der Waals surface area contributed by atoms with E-state index in [-0.39, 0.29) is 34.0 Å². The first-order valence-electron chi connectivity index (χ1n) is 9.75. The van der Waals surface area contributed by atoms with Crippen LogP contribution in [0.1, 0.15) is 25.0 Å². The molecule has 2 amide bonds. The van der Waals surface area contributed by atoms with Crippen LogP contribution in [0.4, 0.5) is 11.4 Å². The molecule has 2 aromatic carbocycles. The fourth-order valence-corrected chi connectivity index (χ4v) is 3.43. The zero-order chi connectivity index (χ0) is 26.1. The summed E-state index contributed by atoms with van der Waals surface area (Å²) in [4.78, 5) is 44.8. The van der Waals surface area contributed by atoms with Crippen LogP contribution in [0.25, 0.3) is 0 Å². The highest BCUT2D eigenvalue weighted by Crippen LogP contribution is 2.22. The highest BCUT2D eigenvalue weighted by atomic mass is 32.2. The molecule has 184 valence electrons. The number of nitrogens with zero attached hydrogens (tertiary/aromatic N) is 4. The van der Waals surface area contributed by atoms with E-state index in [1.165, 1.54) is 13.8 Å². The molecule has 35 heavy (non-hydrogen) atoms. The van der Waals surface area contributed by atoms with Crippen molar-refractivity contribution in [3.05, 3.63) is 67.8 Å². The van der Waals surface area contributed by atoms with Gasteiger partial charge in [-0.15, -0.1) is 11.8 Å². The third kappa shape index (κ3) is 7.78. The lowest BCUT2D eigenvalue weighted by molar-refractivity contribution is -0.385. The lowest BCUT2D eigenvalue weighted by Crippen LogP contribution is -2.33. The second-order valence-electron chi connectivity index (χ2n) is 6.89. The SMILES string of the molecule is C[C@H](S[C@@H](C)C(=O)N/N=C/c1cc([N+](=O)[O-])ccc1O)C(=O)N/N=C\c1cc([N+](=O)[O-])ccc1O. The first kappa shape index (κ1) is 26.7. The molecule has 0 radical (unpaired) electrons. The molecule has 0 aliphatic heterocycles. The molecule has 2 rings (SSSR count). The number of rotatable bonds is 10. The van der Waals surface area contributed by atoms with Crippen molar-refractivity contribution in [2.75, 3.05) is 0 Å². The summed E-state index contributed by atoms with van der Waals surface area (Å²) in [6.07, 6.45) is 2.09. The molecular formula is C20H20N6O8S. The average molecular weight is 504 g/mol. The van der Waals surface area contributed by atoms with Crippen LogP contribution >= 0.6 is 11.8 Å². The zero-order valence-electron chi connectivity index (χ0n) is 18.3. The molecule has 0 aliphatic carbocycles. The number of non-ortho nitro benzene ring substituents is 2. The van der Waals surface area contributed by atoms with E-state index in [1.807, 2.05) is 0 Å². The van der Waals surface area contributed by atoms with Crippen molar-refractivity contribution in [3.63, 3.8) is 0 Å². The van der Waals surface area contributed by atoms with E-state index in [0.29, 0.717) is 0 Å². The van der Waals surface area contributed by atoms with Crippen molar-refractivity contribution in [3.8, 4) is 11.5 Å². The molecule has 0 bridgehead atoms. The maximum Gasteiger partial charge on any atom is 0.270 e. The summed E-state index contributed by atoms with van der Waals surface area (Å²) in [5.41, 5.74) is 3.98. The van der Waals surface area contributed by atoms with Gasteiger partial charge in [-0.2, -0.15) is 10.2 Å². The molecule has 0 heterocycles. The van der Waals surface area contributed by atoms with E-state index in [9.17, 15) is 40.0 Å². The molecule has 0 spiro atoms. The monoisotopic (exact) mass is 504 g/mol. The molecule has 4 N–H and O–H groups in total. The Balaban J connectivity index is 1.89. The summed E-state index contributed by atoms with van der Waals surface area (Å²) in [5, 5.41) is 47.0. The molecule has 2 aromatic rings. The number of carbonyl (C=O) groups is 2. The van der Waals surface area contributed by atoms with Gasteiger partial charge in [-0.05, 0) is 26.0 Å². The molecule has 0 saturated carbocycles. The molecule has 0 saturated heterocycles. The number of carbonyl (C=O) groups excluding carboxylic acids is 2. The molecular weight excluding hydrogens is 484 g/mol. The number of benzene rings is 2. The van der Waals surface area contributed by atoms with E-state index < -0.39 is 32.2 Å². The van der Waals surface area contributed by atoms with Crippen molar-refractivity contribution >= 4 is 47.4 Å². The van der Waals surface area contributed by atoms with Crippen LogP contribution in [0.15, 0.2) is 46.6 Å². The zero-order valence-corrected chi connectivity index (χ0v) is 19.1. The Morgan fingerprint density at radius 2 is 1.23 bits per heavy atom. The number of thioether (sulfide) groups is 1. The maximum absolute atomic E-state index is 12.2. The van der Waals surface area contributed by atoms with Gasteiger partial charge < -0.3 is 10.2 Å². The Labute approximate surface area is 202 Å². The average Bonchev–Trinajstić information content (AvgIpc) is 2.80. The van der Waals surface area contributed by atoms with Crippen LogP contribution < -0.4 is 10.9 Å². The second-order valence-corrected chi connectivity index (χ2v) is 8.58. The number of phenols is 2. The number of nitrogens with one attached hydrogen (secondary N) is 2. The third-order valence-corrected chi connectivity index (χ3v) is 5.59. The minimum Gasteiger partial charge on any atom is -0.507 e. The molecule has 0 aliphatic rings. The first-order valence-corrected chi connectivity index (χ1v) is 10.7. The Morgan fingerprint density at radius 3 is 1.57 bits per heavy atom. The predicted molar refractivity (Wildman–Crippen MR) is 128 cm³/mol. The summed E-state index contributed by atoms with van der Waals surface area (Å²) in [6.45, 7) is 3.04. The number of nitro benzene ring substituents is 2. The Hall–Kier alpha value is -4.53. The van der Waals surface area contributed by atoms with Crippen molar-refractivity contribution in [1.82, 2.24) is 10.9 Å². The van der Waals surface area contributed by atoms with Crippen LogP contribution in [0.3, 0.4) is 0 Å². The van der Waals surface area contributed by atoms with Crippen molar-refractivity contribution in [1.29, 1.82) is 0 Å². The van der Waals surface area contributed by atoms with E-state index in [2.05, 4.69) is 21.1 Å². The molecule has 0 unspecified atom stereocenters. The lowest BCUT2D eigenvalue weighted by Gasteiger charge is -2.14. The van der Waals surface area contributed by atoms with Gasteiger partial charge in [0.1, 0.15) is 11.5 Å². The normalized spacial score (nSPS) is 12.9. The van der Waals surface area contributed by atoms with Crippen LogP contribution in [0.5, 0.6) is 11.5 Å². The topological polar surface area (TPSA) is 210 Å². The van der Waals surface area contributed by atoms with Crippen molar-refractivity contribution in [2.45, 2.75) is 24.3 Å². The van der Waals surface area contributed by atoms with Crippen LogP contribution in [-0.2, 0) is 9.59 Å². The van der Waals surface area contributed by atoms with Gasteiger partial charge >= 0.3 is 0 Å². The minimum absolute atomic E-state index is 0.0280. The van der Waals surface area contributed by atoms with Gasteiger partial charge in [0.15, 0.2) is 0 Å². The predicted octanol–water partition coefficient (Wildman–Crippen LogP) is 2.02. The summed E-state index contributed by atoms with van der Waals surface area (Å²) in [5.74, 6) is -1.66. The van der Waals surface area contributed by atoms with E-state index in [1.54, 1.807) is 0 Å². The Kier molecular flexibility index (Phi) is 9.22. The Morgan fingerprint density at radius 1 is 0.857 bits per heavy atom. The fraction of sp³-hybridized carbons (Fsp3) is 0.200. The number of hydrazone groups is 2. The lowest BCUT2D eigenvalue weighted by atomic mass is 10.2. The molecule has 0 fully saturated rings. The van der Waals surface area contributed by atoms with Gasteiger partial charge in [-0.1, -0.05) is 0 Å². The number of phenolic OH excluding ortho intramolecular Hbond substituents is 2. The van der Waals surface area contributed by atoms with Gasteiger partial charge in [-0.3, -0.25) is 29.8 Å². The van der Waals surface area contributed by atoms with Gasteiger partial charge in [0.2, 0.25) is 0 Å². The Bertz CT molecular complexity index is 1110. The number of aromatic hydroxyl groups is 2. The number of hydrogen-bond acceptors (Lipinski definition) is 11. The third-order valence-electron chi connectivity index (χ3n) is 4.35. The largest absolute Gasteiger partial charge is 0.507 e. The van der Waals surface area contributed by atoms with Crippen LogP contribution in [-0.4, -0.2) is 54.8 Å². The van der Waals surface area contributed by atoms with Gasteiger partial charge in [0, 0.05) is 35.4 Å². The highest BCUT2D eigenvalue weighted by molar-refractivity contribution is 8.01. The van der Waals surface area contributed by atoms with Crippen LogP contribution in [0, 0.1) is 20.2 Å². The first-order chi connectivity index (χ1) is 16.5. The van der Waals surface area contributed by atoms with Crippen molar-refractivity contribution < 1.29 is 29.6 Å². The van der Waals surface area contributed by atoms with Crippen molar-refractivity contribution in [2.24, 2.45) is 10.2 Å². The quantitative estimate of drug-likeness (QED) is 0.211. The molecule has 14 nitrogen and oxygen atoms in total. The van der Waals surface area contributed by atoms with Gasteiger partial charge in [0.05, 0.1) is 32.8 Å². The number of hydrogen-bond donors (Lipinski definition) is 4. The van der Waals surface area contributed by atoms with E-state index in [4.69, 9.17) is 0 Å². The van der Waals surface area contributed by atoms with Gasteiger partial charge in [-0.25, -0.2) is 10.9 Å². The summed E-state index contributed by atoms with van der Waals surface area (Å²) < 4.78 is 0.